The molecule has 1 aromatic heterocycles. The summed E-state index contributed by atoms with van der Waals surface area (Å²) in [5.74, 6) is -0.444. The monoisotopic (exact) mass is 550 g/mol. The van der Waals surface area contributed by atoms with Crippen LogP contribution in [0.3, 0.4) is 0 Å². The molecule has 4 heteroatoms. The number of ether oxygens (including phenoxy) is 1. The second-order valence-corrected chi connectivity index (χ2v) is 10.8. The third-order valence-electron chi connectivity index (χ3n) is 6.78. The van der Waals surface area contributed by atoms with E-state index in [-0.39, 0.29) is 0 Å². The van der Waals surface area contributed by atoms with Crippen LogP contribution < -0.4 is 0 Å². The molecule has 0 saturated carbocycles. The molecule has 1 unspecified atom stereocenters. The number of hydrogen-bond donors (Lipinski definition) is 0. The average Bonchev–Trinajstić information content (AvgIpc) is 3.32. The highest BCUT2D eigenvalue weighted by Gasteiger charge is 2.18. The van der Waals surface area contributed by atoms with Crippen molar-refractivity contribution in [1.82, 2.24) is 0 Å². The molecule has 1 heterocycles. The van der Waals surface area contributed by atoms with Crippen LogP contribution in [0, 0.1) is 0 Å². The van der Waals surface area contributed by atoms with Gasteiger partial charge in [-0.15, -0.1) is 11.3 Å². The first-order valence-corrected chi connectivity index (χ1v) is 13.7. The summed E-state index contributed by atoms with van der Waals surface area (Å²) in [4.78, 5) is 11.8. The van der Waals surface area contributed by atoms with E-state index in [0.29, 0.717) is 0 Å². The van der Waals surface area contributed by atoms with Crippen LogP contribution in [-0.2, 0) is 22.4 Å². The van der Waals surface area contributed by atoms with E-state index in [0.717, 1.165) is 24.0 Å². The van der Waals surface area contributed by atoms with Gasteiger partial charge < -0.3 is 4.74 Å². The topological polar surface area (TPSA) is 26.3 Å². The van der Waals surface area contributed by atoms with Gasteiger partial charge in [0.15, 0.2) is 5.01 Å². The minimum Gasteiger partial charge on any atom is -0.443 e. The van der Waals surface area contributed by atoms with E-state index in [1.54, 1.807) is 0 Å². The van der Waals surface area contributed by atoms with Gasteiger partial charge in [0, 0.05) is 31.8 Å². The summed E-state index contributed by atoms with van der Waals surface area (Å²) in [6.07, 6.45) is 2.92. The lowest BCUT2D eigenvalue weighted by molar-refractivity contribution is -0.139. The lowest BCUT2D eigenvalue weighted by Gasteiger charge is -2.15. The molecule has 0 saturated heterocycles. The van der Waals surface area contributed by atoms with Crippen molar-refractivity contribution >= 4 is 75.0 Å². The first-order valence-electron chi connectivity index (χ1n) is 11.9. The molecule has 0 radical (unpaired) electrons. The molecule has 36 heavy (non-hydrogen) atoms. The molecule has 6 aromatic rings. The first kappa shape index (κ1) is 23.0. The third kappa shape index (κ3) is 4.01. The van der Waals surface area contributed by atoms with E-state index in [9.17, 15) is 4.79 Å². The number of esters is 1. The van der Waals surface area contributed by atoms with Gasteiger partial charge >= 0.3 is 5.97 Å². The molecule has 1 atom stereocenters. The van der Waals surface area contributed by atoms with Crippen molar-refractivity contribution in [3.63, 3.8) is 0 Å². The van der Waals surface area contributed by atoms with Crippen LogP contribution in [0.25, 0.3) is 41.7 Å². The fraction of sp³-hybridized carbons (Fsp3) is 0.0938. The standard InChI is InChI=1S/C32H23BrO2S/c1-2-28(34)35-32(33)26-14-8-4-10-21(26)15-16-23-19-22-11-5-7-13-25(22)30-29-24-12-6-3-9-20(24)17-18-27(29)36-31(23)30/h2-14,17-19,32H,1,15-16H2. The molecule has 0 N–H and O–H groups in total. The number of fused-ring (bicyclic) bond motifs is 7. The Labute approximate surface area is 221 Å². The molecule has 0 aliphatic rings. The molecule has 0 aliphatic heterocycles. The highest BCUT2D eigenvalue weighted by Crippen LogP contribution is 2.44. The Bertz CT molecular complexity index is 1780. The Morgan fingerprint density at radius 2 is 1.50 bits per heavy atom. The van der Waals surface area contributed by atoms with E-state index in [4.69, 9.17) is 4.74 Å². The Morgan fingerprint density at radius 1 is 0.833 bits per heavy atom. The molecular formula is C32H23BrO2S. The van der Waals surface area contributed by atoms with E-state index < -0.39 is 11.0 Å². The molecule has 0 bridgehead atoms. The summed E-state index contributed by atoms with van der Waals surface area (Å²) in [5, 5.41) is 7.34. The minimum atomic E-state index is -0.508. The fourth-order valence-corrected chi connectivity index (χ4v) is 7.01. The maximum absolute atomic E-state index is 11.8. The van der Waals surface area contributed by atoms with Crippen molar-refractivity contribution in [3.8, 4) is 0 Å². The van der Waals surface area contributed by atoms with Gasteiger partial charge in [0.05, 0.1) is 0 Å². The van der Waals surface area contributed by atoms with Crippen molar-refractivity contribution in [2.45, 2.75) is 17.9 Å². The van der Waals surface area contributed by atoms with Gasteiger partial charge in [0.25, 0.3) is 0 Å². The van der Waals surface area contributed by atoms with Gasteiger partial charge in [-0.05, 0) is 73.6 Å². The summed E-state index contributed by atoms with van der Waals surface area (Å²) in [7, 11) is 0. The Morgan fingerprint density at radius 3 is 2.31 bits per heavy atom. The van der Waals surface area contributed by atoms with Crippen LogP contribution in [-0.4, -0.2) is 5.97 Å². The quantitative estimate of drug-likeness (QED) is 0.117. The number of carbonyl (C=O) groups is 1. The lowest BCUT2D eigenvalue weighted by atomic mass is 9.94. The number of alkyl halides is 1. The number of thiophene rings is 1. The number of rotatable bonds is 6. The first-order chi connectivity index (χ1) is 17.6. The Kier molecular flexibility index (Phi) is 6.08. The molecule has 0 amide bonds. The molecular weight excluding hydrogens is 528 g/mol. The second kappa shape index (κ2) is 9.53. The highest BCUT2D eigenvalue weighted by atomic mass is 79.9. The predicted octanol–water partition coefficient (Wildman–Crippen LogP) is 9.27. The van der Waals surface area contributed by atoms with Crippen molar-refractivity contribution in [1.29, 1.82) is 0 Å². The van der Waals surface area contributed by atoms with Gasteiger partial charge in [-0.1, -0.05) is 85.4 Å². The van der Waals surface area contributed by atoms with Crippen LogP contribution in [0.1, 0.15) is 21.7 Å². The minimum absolute atomic E-state index is 0.444. The second-order valence-electron chi connectivity index (χ2n) is 8.88. The van der Waals surface area contributed by atoms with Gasteiger partial charge in [0.2, 0.25) is 0 Å². The maximum Gasteiger partial charge on any atom is 0.331 e. The largest absolute Gasteiger partial charge is 0.443 e. The van der Waals surface area contributed by atoms with E-state index in [1.165, 1.54) is 53.4 Å². The molecule has 0 aliphatic carbocycles. The molecule has 0 spiro atoms. The Hall–Kier alpha value is -3.47. The average molecular weight is 552 g/mol. The van der Waals surface area contributed by atoms with Gasteiger partial charge in [-0.3, -0.25) is 0 Å². The molecule has 6 rings (SSSR count). The van der Waals surface area contributed by atoms with E-state index in [2.05, 4.69) is 95.3 Å². The van der Waals surface area contributed by atoms with Gasteiger partial charge in [-0.25, -0.2) is 4.79 Å². The number of hydrogen-bond acceptors (Lipinski definition) is 3. The zero-order chi connectivity index (χ0) is 24.6. The maximum atomic E-state index is 11.8. The van der Waals surface area contributed by atoms with Crippen LogP contribution in [0.4, 0.5) is 0 Å². The number of benzene rings is 5. The lowest BCUT2D eigenvalue weighted by Crippen LogP contribution is -2.06. The molecule has 2 nitrogen and oxygen atoms in total. The van der Waals surface area contributed by atoms with Crippen molar-refractivity contribution in [3.05, 3.63) is 120 Å². The predicted molar refractivity (Wildman–Crippen MR) is 156 cm³/mol. The SMILES string of the molecule is C=CC(=O)OC(Br)c1ccccc1CCc1cc2ccccc2c2c1sc1ccc3ccccc3c12. The zero-order valence-electron chi connectivity index (χ0n) is 19.5. The van der Waals surface area contributed by atoms with Crippen LogP contribution >= 0.6 is 27.3 Å². The van der Waals surface area contributed by atoms with Crippen LogP contribution in [0.2, 0.25) is 0 Å². The van der Waals surface area contributed by atoms with Crippen molar-refractivity contribution in [2.75, 3.05) is 0 Å². The number of halogens is 1. The highest BCUT2D eigenvalue weighted by molar-refractivity contribution is 9.09. The van der Waals surface area contributed by atoms with E-state index in [1.807, 2.05) is 29.5 Å². The van der Waals surface area contributed by atoms with Gasteiger partial charge in [-0.2, -0.15) is 0 Å². The summed E-state index contributed by atoms with van der Waals surface area (Å²) >= 11 is 5.42. The third-order valence-corrected chi connectivity index (χ3v) is 8.69. The molecule has 0 fully saturated rings. The molecule has 5 aromatic carbocycles. The Balaban J connectivity index is 1.48. The summed E-state index contributed by atoms with van der Waals surface area (Å²) in [6.45, 7) is 3.50. The smallest absolute Gasteiger partial charge is 0.331 e. The zero-order valence-corrected chi connectivity index (χ0v) is 21.9. The number of carbonyl (C=O) groups excluding carboxylic acids is 1. The van der Waals surface area contributed by atoms with Crippen LogP contribution in [0.5, 0.6) is 0 Å². The van der Waals surface area contributed by atoms with Crippen molar-refractivity contribution < 1.29 is 9.53 Å². The van der Waals surface area contributed by atoms with Crippen molar-refractivity contribution in [2.24, 2.45) is 0 Å². The summed E-state index contributed by atoms with van der Waals surface area (Å²) in [5.41, 5.74) is 3.47. The summed E-state index contributed by atoms with van der Waals surface area (Å²) in [6, 6.07) is 32.3. The van der Waals surface area contributed by atoms with Gasteiger partial charge in [0.1, 0.15) is 0 Å². The molecule has 176 valence electrons. The summed E-state index contributed by atoms with van der Waals surface area (Å²) < 4.78 is 8.12. The number of aryl methyl sites for hydroxylation is 2. The normalized spacial score (nSPS) is 12.4. The van der Waals surface area contributed by atoms with Crippen LogP contribution in [0.15, 0.2) is 104 Å². The fourth-order valence-electron chi connectivity index (χ4n) is 5.11. The van der Waals surface area contributed by atoms with E-state index >= 15 is 0 Å².